The highest BCUT2D eigenvalue weighted by Gasteiger charge is 2.56. The third-order valence-corrected chi connectivity index (χ3v) is 5.70. The molecule has 2 aliphatic rings. The van der Waals surface area contributed by atoms with Crippen LogP contribution < -0.4 is 4.57 Å². The average Bonchev–Trinajstić information content (AvgIpc) is 3.04. The van der Waals surface area contributed by atoms with Crippen molar-refractivity contribution in [3.63, 3.8) is 0 Å². The summed E-state index contributed by atoms with van der Waals surface area (Å²) in [6.07, 6.45) is 2.88. The fourth-order valence-electron chi connectivity index (χ4n) is 4.30. The number of nitrogens with zero attached hydrogens (tertiary/aromatic N) is 2. The molecule has 1 amide bonds. The van der Waals surface area contributed by atoms with Gasteiger partial charge in [-0.1, -0.05) is 24.3 Å². The van der Waals surface area contributed by atoms with Crippen molar-refractivity contribution in [2.45, 2.75) is 32.0 Å². The predicted octanol–water partition coefficient (Wildman–Crippen LogP) is 1.13. The van der Waals surface area contributed by atoms with Crippen LogP contribution in [0.2, 0.25) is 0 Å². The molecule has 1 aromatic heterocycles. The quantitative estimate of drug-likeness (QED) is 0.486. The number of fused-ring (bicyclic) bond motifs is 1. The molecule has 0 unspecified atom stereocenters. The van der Waals surface area contributed by atoms with E-state index < -0.39 is 24.0 Å². The van der Waals surface area contributed by atoms with Gasteiger partial charge in [0, 0.05) is 11.6 Å². The summed E-state index contributed by atoms with van der Waals surface area (Å²) in [4.78, 5) is 36.6. The Morgan fingerprint density at radius 1 is 1.17 bits per heavy atom. The molecule has 1 saturated heterocycles. The molecule has 0 radical (unpaired) electrons. The summed E-state index contributed by atoms with van der Waals surface area (Å²) in [5, 5.41) is 28.6. The Bertz CT molecular complexity index is 1070. The number of benzene rings is 1. The Hall–Kier alpha value is -3.52. The van der Waals surface area contributed by atoms with E-state index in [1.807, 2.05) is 24.3 Å². The van der Waals surface area contributed by atoms with E-state index in [0.717, 1.165) is 5.56 Å². The highest BCUT2D eigenvalue weighted by atomic mass is 16.4. The Morgan fingerprint density at radius 2 is 1.87 bits per heavy atom. The van der Waals surface area contributed by atoms with Crippen LogP contribution in [-0.2, 0) is 16.1 Å². The molecule has 154 valence electrons. The number of pyridine rings is 1. The number of aromatic carboxylic acids is 1. The van der Waals surface area contributed by atoms with E-state index in [9.17, 15) is 24.6 Å². The second-order valence-corrected chi connectivity index (χ2v) is 7.65. The average molecular weight is 409 g/mol. The minimum Gasteiger partial charge on any atom is -0.477 e. The van der Waals surface area contributed by atoms with Crippen molar-refractivity contribution < 1.29 is 34.3 Å². The number of aliphatic hydroxyl groups is 1. The first-order valence-electron chi connectivity index (χ1n) is 9.57. The predicted molar refractivity (Wildman–Crippen MR) is 104 cm³/mol. The smallest absolute Gasteiger partial charge is 0.352 e. The van der Waals surface area contributed by atoms with E-state index in [1.165, 1.54) is 11.0 Å². The lowest BCUT2D eigenvalue weighted by Crippen LogP contribution is -2.61. The van der Waals surface area contributed by atoms with Crippen LogP contribution in [0.5, 0.6) is 0 Å². The largest absolute Gasteiger partial charge is 0.477 e. The normalized spacial score (nSPS) is 21.3. The van der Waals surface area contributed by atoms with Crippen LogP contribution >= 0.6 is 0 Å². The number of β-lactam (4-membered cyclic amide) rings is 1. The van der Waals surface area contributed by atoms with Gasteiger partial charge in [0.1, 0.15) is 11.3 Å². The lowest BCUT2D eigenvalue weighted by molar-refractivity contribution is -0.688. The first-order chi connectivity index (χ1) is 14.3. The van der Waals surface area contributed by atoms with Crippen LogP contribution in [-0.4, -0.2) is 50.2 Å². The van der Waals surface area contributed by atoms with E-state index in [0.29, 0.717) is 24.1 Å². The van der Waals surface area contributed by atoms with Crippen molar-refractivity contribution in [2.24, 2.45) is 5.92 Å². The van der Waals surface area contributed by atoms with Gasteiger partial charge in [-0.15, -0.1) is 0 Å². The molecule has 1 fully saturated rings. The molecule has 2 aromatic rings. The Kier molecular flexibility index (Phi) is 4.87. The van der Waals surface area contributed by atoms with Gasteiger partial charge in [0.2, 0.25) is 5.91 Å². The number of hydrogen-bond acceptors (Lipinski definition) is 4. The van der Waals surface area contributed by atoms with Crippen molar-refractivity contribution in [1.29, 1.82) is 0 Å². The summed E-state index contributed by atoms with van der Waals surface area (Å²) in [6.45, 7) is 2.01. The van der Waals surface area contributed by atoms with Crippen LogP contribution in [0.3, 0.4) is 0 Å². The summed E-state index contributed by atoms with van der Waals surface area (Å²) < 4.78 is 1.76. The van der Waals surface area contributed by atoms with Crippen molar-refractivity contribution >= 4 is 23.4 Å². The zero-order valence-electron chi connectivity index (χ0n) is 16.2. The minimum absolute atomic E-state index is 0.0156. The summed E-state index contributed by atoms with van der Waals surface area (Å²) in [5.41, 5.74) is 2.39. The molecule has 0 aliphatic carbocycles. The highest BCUT2D eigenvalue weighted by Crippen LogP contribution is 2.46. The van der Waals surface area contributed by atoms with Crippen molar-refractivity contribution in [1.82, 2.24) is 4.90 Å². The topological polar surface area (TPSA) is 119 Å². The molecule has 0 spiro atoms. The maximum Gasteiger partial charge on any atom is 0.352 e. The molecule has 3 heterocycles. The van der Waals surface area contributed by atoms with E-state index in [2.05, 4.69) is 0 Å². The summed E-state index contributed by atoms with van der Waals surface area (Å²) in [6, 6.07) is 10.2. The molecule has 30 heavy (non-hydrogen) atoms. The molecular formula is C22H21N2O6+. The van der Waals surface area contributed by atoms with Gasteiger partial charge in [0.25, 0.3) is 0 Å². The maximum atomic E-state index is 12.3. The van der Waals surface area contributed by atoms with Gasteiger partial charge in [0.05, 0.1) is 18.1 Å². The molecule has 8 heteroatoms. The Balaban J connectivity index is 1.58. The summed E-state index contributed by atoms with van der Waals surface area (Å²) in [5.74, 6) is -3.08. The molecule has 1 aromatic carbocycles. The second kappa shape index (κ2) is 7.38. The van der Waals surface area contributed by atoms with Crippen LogP contribution in [0.25, 0.3) is 5.57 Å². The number of carbonyl (C=O) groups excluding carboxylic acids is 1. The third-order valence-electron chi connectivity index (χ3n) is 5.70. The molecule has 3 N–H and O–H groups in total. The van der Waals surface area contributed by atoms with Gasteiger partial charge >= 0.3 is 11.9 Å². The zero-order valence-corrected chi connectivity index (χ0v) is 16.2. The van der Waals surface area contributed by atoms with E-state index in [4.69, 9.17) is 5.11 Å². The molecule has 0 bridgehead atoms. The molecule has 0 saturated carbocycles. The number of amides is 1. The molecule has 4 rings (SSSR count). The van der Waals surface area contributed by atoms with Crippen molar-refractivity contribution in [2.75, 3.05) is 0 Å². The van der Waals surface area contributed by atoms with Crippen molar-refractivity contribution in [3.8, 4) is 0 Å². The Morgan fingerprint density at radius 3 is 2.47 bits per heavy atom. The van der Waals surface area contributed by atoms with Crippen LogP contribution in [0, 0.1) is 5.92 Å². The van der Waals surface area contributed by atoms with Gasteiger partial charge in [-0.2, -0.15) is 4.57 Å². The summed E-state index contributed by atoms with van der Waals surface area (Å²) >= 11 is 0. The van der Waals surface area contributed by atoms with Gasteiger partial charge in [0.15, 0.2) is 18.9 Å². The first-order valence-corrected chi connectivity index (χ1v) is 9.57. The number of aliphatic hydroxyl groups excluding tert-OH is 1. The van der Waals surface area contributed by atoms with Crippen LogP contribution in [0.4, 0.5) is 0 Å². The van der Waals surface area contributed by atoms with Gasteiger partial charge in [-0.25, -0.2) is 9.59 Å². The molecule has 3 atom stereocenters. The first kappa shape index (κ1) is 19.8. The molecule has 2 aliphatic heterocycles. The number of hydrogen-bond donors (Lipinski definition) is 3. The number of aliphatic carboxylic acids is 1. The van der Waals surface area contributed by atoms with Gasteiger partial charge < -0.3 is 20.2 Å². The van der Waals surface area contributed by atoms with E-state index >= 15 is 0 Å². The zero-order chi connectivity index (χ0) is 21.6. The third kappa shape index (κ3) is 3.25. The van der Waals surface area contributed by atoms with Crippen LogP contribution in [0.1, 0.15) is 34.8 Å². The minimum atomic E-state index is -1.16. The lowest BCUT2D eigenvalue weighted by Gasteiger charge is -2.44. The maximum absolute atomic E-state index is 12.3. The monoisotopic (exact) mass is 409 g/mol. The fraction of sp³-hybridized carbons (Fsp3) is 0.273. The van der Waals surface area contributed by atoms with Gasteiger partial charge in [-0.05, 0) is 30.5 Å². The molecule has 8 nitrogen and oxygen atoms in total. The fourth-order valence-corrected chi connectivity index (χ4v) is 4.30. The second-order valence-electron chi connectivity index (χ2n) is 7.65. The number of carboxylic acid groups (broad SMARTS) is 2. The standard InChI is InChI=1S/C22H20N2O6/c1-12(25)18-17-9-16(19(22(29)30)24(17)20(18)26)14-6-4-13(5-7-14)10-23-8-2-3-15(11-23)21(27)28/h2-8,11-12,17-18,25H,9-10H2,1H3,(H-,27,28,29,30)/p+1/t12-,17-,18-/m1/s1. The number of carboxylic acids is 2. The van der Waals surface area contributed by atoms with Crippen LogP contribution in [0.15, 0.2) is 54.5 Å². The molecular weight excluding hydrogens is 388 g/mol. The lowest BCUT2D eigenvalue weighted by atomic mass is 9.82. The van der Waals surface area contributed by atoms with E-state index in [1.54, 1.807) is 30.0 Å². The number of rotatable bonds is 6. The van der Waals surface area contributed by atoms with Gasteiger partial charge in [-0.3, -0.25) is 4.79 Å². The number of aromatic nitrogens is 1. The SMILES string of the molecule is C[C@@H](O)[C@H]1C(=O)N2C(C(=O)O)=C(c3ccc(C[n+]4cccc(C(=O)O)c4)cc3)C[C@H]12. The highest BCUT2D eigenvalue weighted by molar-refractivity contribution is 6.06. The van der Waals surface area contributed by atoms with Crippen molar-refractivity contribution in [3.05, 3.63) is 71.2 Å². The number of carbonyl (C=O) groups is 3. The summed E-state index contributed by atoms with van der Waals surface area (Å²) in [7, 11) is 0. The Labute approximate surface area is 172 Å². The van der Waals surface area contributed by atoms with E-state index in [-0.39, 0.29) is 23.2 Å².